The quantitative estimate of drug-likeness (QED) is 0.479. The first kappa shape index (κ1) is 20.1. The summed E-state index contributed by atoms with van der Waals surface area (Å²) in [4.78, 5) is 10.3. The topological polar surface area (TPSA) is 61.0 Å². The van der Waals surface area contributed by atoms with E-state index in [0.29, 0.717) is 16.4 Å². The molecular weight excluding hydrogens is 397 g/mol. The van der Waals surface area contributed by atoms with Crippen molar-refractivity contribution in [1.29, 1.82) is 0 Å². The lowest BCUT2D eigenvalue weighted by Crippen LogP contribution is -2.18. The number of methoxy groups -OCH3 is 1. The van der Waals surface area contributed by atoms with Crippen LogP contribution in [-0.4, -0.2) is 63.1 Å². The molecule has 0 atom stereocenters. The zero-order valence-electron chi connectivity index (χ0n) is 16.8. The Morgan fingerprint density at radius 2 is 1.93 bits per heavy atom. The van der Waals surface area contributed by atoms with Gasteiger partial charge in [0.25, 0.3) is 0 Å². The highest BCUT2D eigenvalue weighted by atomic mass is 19.4. The maximum atomic E-state index is 13.3. The summed E-state index contributed by atoms with van der Waals surface area (Å²) in [6.45, 7) is 0.435. The molecule has 0 amide bonds. The van der Waals surface area contributed by atoms with Gasteiger partial charge in [-0.15, -0.1) is 0 Å². The van der Waals surface area contributed by atoms with Gasteiger partial charge in [-0.05, 0) is 31.8 Å². The van der Waals surface area contributed by atoms with Crippen LogP contribution in [0.2, 0.25) is 0 Å². The highest BCUT2D eigenvalue weighted by Gasteiger charge is 2.31. The minimum Gasteiger partial charge on any atom is -0.479 e. The van der Waals surface area contributed by atoms with Crippen LogP contribution in [0.1, 0.15) is 0 Å². The average Bonchev–Trinajstić information content (AvgIpc) is 3.28. The predicted molar refractivity (Wildman–Crippen MR) is 107 cm³/mol. The Morgan fingerprint density at radius 1 is 1.13 bits per heavy atom. The molecule has 4 rings (SSSR count). The molecule has 0 saturated carbocycles. The van der Waals surface area contributed by atoms with Gasteiger partial charge in [0, 0.05) is 23.7 Å². The van der Waals surface area contributed by atoms with Crippen molar-refractivity contribution in [2.24, 2.45) is 0 Å². The van der Waals surface area contributed by atoms with Crippen LogP contribution in [0.3, 0.4) is 0 Å². The average molecular weight is 418 g/mol. The first-order valence-corrected chi connectivity index (χ1v) is 9.32. The predicted octanol–water partition coefficient (Wildman–Crippen LogP) is 3.58. The third kappa shape index (κ3) is 3.82. The first-order chi connectivity index (χ1) is 14.3. The van der Waals surface area contributed by atoms with E-state index in [1.54, 1.807) is 18.3 Å². The van der Waals surface area contributed by atoms with Crippen LogP contribution in [0.5, 0.6) is 5.88 Å². The van der Waals surface area contributed by atoms with E-state index in [0.717, 1.165) is 28.8 Å². The molecule has 0 aliphatic heterocycles. The van der Waals surface area contributed by atoms with E-state index in [-0.39, 0.29) is 11.4 Å². The summed E-state index contributed by atoms with van der Waals surface area (Å²) in [5, 5.41) is 4.98. The van der Waals surface area contributed by atoms with Crippen LogP contribution in [-0.2, 0) is 13.1 Å². The molecule has 0 unspecified atom stereocenters. The lowest BCUT2D eigenvalue weighted by Gasteiger charge is -2.11. The van der Waals surface area contributed by atoms with Crippen LogP contribution in [0.4, 0.5) is 13.2 Å². The fraction of sp³-hybridized carbons (Fsp3) is 0.350. The van der Waals surface area contributed by atoms with Crippen molar-refractivity contribution in [3.8, 4) is 17.0 Å². The Labute approximate surface area is 170 Å². The second-order valence-corrected chi connectivity index (χ2v) is 7.31. The lowest BCUT2D eigenvalue weighted by atomic mass is 10.1. The second-order valence-electron chi connectivity index (χ2n) is 7.31. The van der Waals surface area contributed by atoms with Gasteiger partial charge < -0.3 is 14.2 Å². The van der Waals surface area contributed by atoms with E-state index in [1.165, 1.54) is 13.4 Å². The molecule has 0 radical (unpaired) electrons. The summed E-state index contributed by atoms with van der Waals surface area (Å²) in [5.74, 6) is 0.110. The maximum Gasteiger partial charge on any atom is 0.406 e. The van der Waals surface area contributed by atoms with E-state index < -0.39 is 12.7 Å². The highest BCUT2D eigenvalue weighted by molar-refractivity contribution is 6.08. The molecule has 0 aliphatic rings. The summed E-state index contributed by atoms with van der Waals surface area (Å²) in [5.41, 5.74) is 2.80. The third-order valence-electron chi connectivity index (χ3n) is 4.87. The molecule has 4 aromatic rings. The van der Waals surface area contributed by atoms with Crippen molar-refractivity contribution in [2.75, 3.05) is 27.7 Å². The molecule has 10 heteroatoms. The van der Waals surface area contributed by atoms with Gasteiger partial charge in [-0.25, -0.2) is 4.98 Å². The van der Waals surface area contributed by atoms with Crippen LogP contribution in [0, 0.1) is 0 Å². The van der Waals surface area contributed by atoms with Gasteiger partial charge in [-0.1, -0.05) is 6.07 Å². The number of fused-ring (bicyclic) bond motifs is 3. The normalized spacial score (nSPS) is 12.4. The summed E-state index contributed by atoms with van der Waals surface area (Å²) in [6, 6.07) is 5.31. The Hall–Kier alpha value is -3.14. The number of likely N-dealkylation sites (N-methyl/N-ethyl adjacent to an activating group) is 1. The molecule has 7 nitrogen and oxygen atoms in total. The molecule has 158 valence electrons. The van der Waals surface area contributed by atoms with Gasteiger partial charge in [0.1, 0.15) is 23.9 Å². The van der Waals surface area contributed by atoms with Crippen LogP contribution < -0.4 is 4.74 Å². The number of ether oxygens (including phenoxy) is 1. The van der Waals surface area contributed by atoms with Gasteiger partial charge in [0.05, 0.1) is 25.4 Å². The SMILES string of the molecule is COc1ncnc2c3cc(-c4cnn(CCN(C)C)c4)ccc3n(CC(F)(F)F)c12. The van der Waals surface area contributed by atoms with Crippen molar-refractivity contribution >= 4 is 21.9 Å². The van der Waals surface area contributed by atoms with Crippen LogP contribution in [0.15, 0.2) is 36.9 Å². The minimum atomic E-state index is -4.40. The molecule has 0 aliphatic carbocycles. The Kier molecular flexibility index (Phi) is 5.10. The smallest absolute Gasteiger partial charge is 0.406 e. The van der Waals surface area contributed by atoms with E-state index in [9.17, 15) is 13.2 Å². The van der Waals surface area contributed by atoms with Gasteiger partial charge in [-0.3, -0.25) is 4.68 Å². The number of benzene rings is 1. The number of nitrogens with zero attached hydrogens (tertiary/aromatic N) is 6. The largest absolute Gasteiger partial charge is 0.479 e. The van der Waals surface area contributed by atoms with Crippen molar-refractivity contribution in [2.45, 2.75) is 19.3 Å². The second kappa shape index (κ2) is 7.60. The van der Waals surface area contributed by atoms with Crippen LogP contribution >= 0.6 is 0 Å². The highest BCUT2D eigenvalue weighted by Crippen LogP contribution is 2.36. The first-order valence-electron chi connectivity index (χ1n) is 9.32. The van der Waals surface area contributed by atoms with Crippen molar-refractivity contribution in [3.05, 3.63) is 36.9 Å². The van der Waals surface area contributed by atoms with Gasteiger partial charge in [-0.2, -0.15) is 23.3 Å². The number of aromatic nitrogens is 5. The van der Waals surface area contributed by atoms with Crippen LogP contribution in [0.25, 0.3) is 33.1 Å². The van der Waals surface area contributed by atoms with Gasteiger partial charge in [0.15, 0.2) is 0 Å². The number of rotatable bonds is 6. The van der Waals surface area contributed by atoms with Gasteiger partial charge >= 0.3 is 6.18 Å². The zero-order chi connectivity index (χ0) is 21.5. The molecule has 0 bridgehead atoms. The molecule has 3 aromatic heterocycles. The number of hydrogen-bond acceptors (Lipinski definition) is 5. The number of alkyl halides is 3. The van der Waals surface area contributed by atoms with E-state index in [2.05, 4.69) is 20.0 Å². The molecule has 30 heavy (non-hydrogen) atoms. The summed E-state index contributed by atoms with van der Waals surface area (Å²) < 4.78 is 48.0. The zero-order valence-corrected chi connectivity index (χ0v) is 16.8. The Morgan fingerprint density at radius 3 is 2.63 bits per heavy atom. The monoisotopic (exact) mass is 418 g/mol. The molecule has 1 aromatic carbocycles. The Balaban J connectivity index is 1.84. The molecule has 0 spiro atoms. The fourth-order valence-electron chi connectivity index (χ4n) is 3.49. The lowest BCUT2D eigenvalue weighted by molar-refractivity contribution is -0.139. The van der Waals surface area contributed by atoms with Crippen molar-refractivity contribution in [1.82, 2.24) is 29.2 Å². The maximum absolute atomic E-state index is 13.3. The van der Waals surface area contributed by atoms with Gasteiger partial charge in [0.2, 0.25) is 5.88 Å². The van der Waals surface area contributed by atoms with E-state index >= 15 is 0 Å². The summed E-state index contributed by atoms with van der Waals surface area (Å²) in [6.07, 6.45) is 0.576. The minimum absolute atomic E-state index is 0.110. The molecule has 0 fully saturated rings. The number of halogens is 3. The summed E-state index contributed by atoms with van der Waals surface area (Å²) >= 11 is 0. The Bertz CT molecular complexity index is 1190. The molecular formula is C20H21F3N6O. The van der Waals surface area contributed by atoms with E-state index in [1.807, 2.05) is 31.0 Å². The number of hydrogen-bond donors (Lipinski definition) is 0. The molecule has 3 heterocycles. The van der Waals surface area contributed by atoms with E-state index in [4.69, 9.17) is 4.74 Å². The fourth-order valence-corrected chi connectivity index (χ4v) is 3.49. The third-order valence-corrected chi connectivity index (χ3v) is 4.87. The standard InChI is InChI=1S/C20H21F3N6O/c1-27(2)6-7-28-10-14(9-26-28)13-4-5-16-15(8-13)17-18(19(30-3)25-12-24-17)29(16)11-20(21,22)23/h4-5,8-10,12H,6-7,11H2,1-3H3. The summed E-state index contributed by atoms with van der Waals surface area (Å²) in [7, 11) is 5.36. The molecule has 0 N–H and O–H groups in total. The van der Waals surface area contributed by atoms with Crippen molar-refractivity contribution in [3.63, 3.8) is 0 Å². The molecule has 0 saturated heterocycles. The van der Waals surface area contributed by atoms with Crippen molar-refractivity contribution < 1.29 is 17.9 Å².